The molecule has 3 amide bonds. The Morgan fingerprint density at radius 1 is 1.02 bits per heavy atom. The molecule has 2 aromatic rings. The molecule has 0 saturated carbocycles. The molecule has 6 atom stereocenters. The number of hydrogen-bond donors (Lipinski definition) is 5. The van der Waals surface area contributed by atoms with Crippen LogP contribution in [0.3, 0.4) is 0 Å². The highest BCUT2D eigenvalue weighted by Gasteiger charge is 2.40. The van der Waals surface area contributed by atoms with E-state index >= 15 is 0 Å². The molecule has 1 fully saturated rings. The van der Waals surface area contributed by atoms with E-state index in [-0.39, 0.29) is 5.56 Å². The van der Waals surface area contributed by atoms with Gasteiger partial charge in [0.15, 0.2) is 5.82 Å². The third kappa shape index (κ3) is 6.95. The van der Waals surface area contributed by atoms with Crippen LogP contribution in [0.1, 0.15) is 43.6 Å². The number of rotatable bonds is 5. The molecule has 1 aliphatic heterocycles. The zero-order valence-electron chi connectivity index (χ0n) is 23.0. The lowest BCUT2D eigenvalue weighted by molar-refractivity contribution is -0.157. The number of phenols is 1. The number of halogens is 4. The summed E-state index contributed by atoms with van der Waals surface area (Å²) in [7, 11) is 0. The van der Waals surface area contributed by atoms with Gasteiger partial charge in [-0.1, -0.05) is 32.9 Å². The fourth-order valence-corrected chi connectivity index (χ4v) is 4.33. The minimum Gasteiger partial charge on any atom is -0.507 e. The third-order valence-electron chi connectivity index (χ3n) is 6.88. The summed E-state index contributed by atoms with van der Waals surface area (Å²) >= 11 is 0. The predicted octanol–water partition coefficient (Wildman–Crippen LogP) is 1.25. The second kappa shape index (κ2) is 13.1. The zero-order chi connectivity index (χ0) is 31.5. The zero-order valence-corrected chi connectivity index (χ0v) is 23.0. The van der Waals surface area contributed by atoms with Gasteiger partial charge in [-0.2, -0.15) is 18.2 Å². The van der Waals surface area contributed by atoms with Crippen LogP contribution in [0, 0.1) is 35.4 Å². The molecule has 0 spiro atoms. The number of hydrogen-bond acceptors (Lipinski definition) is 8. The van der Waals surface area contributed by atoms with E-state index in [1.165, 1.54) is 38.1 Å². The van der Waals surface area contributed by atoms with Gasteiger partial charge in [0.2, 0.25) is 23.6 Å². The number of aromatic nitrogens is 1. The van der Waals surface area contributed by atoms with E-state index in [1.54, 1.807) is 13.8 Å². The molecule has 1 aliphatic rings. The minimum atomic E-state index is -2.10. The molecule has 11 nitrogen and oxygen atoms in total. The summed E-state index contributed by atoms with van der Waals surface area (Å²) < 4.78 is 61.7. The number of ether oxygens (including phenoxy) is 1. The fourth-order valence-electron chi connectivity index (χ4n) is 4.33. The second-order valence-corrected chi connectivity index (χ2v) is 10.2. The molecule has 5 N–H and O–H groups in total. The first kappa shape index (κ1) is 32.2. The van der Waals surface area contributed by atoms with Gasteiger partial charge in [0, 0.05) is 12.0 Å². The Kier molecular flexibility index (Phi) is 10.1. The normalized spacial score (nSPS) is 25.5. The monoisotopic (exact) mass is 598 g/mol. The Morgan fingerprint density at radius 3 is 2.29 bits per heavy atom. The number of aliphatic hydroxyl groups excluding tert-OH is 1. The number of esters is 1. The SMILES string of the molecule is CC(C)C1NC(=O)C(C)C(O)C(Cc2c(F)nc(F)c(F)c2F)NC(=O)C(NC(=O)c2ccccc2O)C(C)OC1=O. The third-order valence-corrected chi connectivity index (χ3v) is 6.88. The van der Waals surface area contributed by atoms with Gasteiger partial charge in [-0.3, -0.25) is 14.4 Å². The van der Waals surface area contributed by atoms with Crippen LogP contribution >= 0.6 is 0 Å². The molecule has 6 unspecified atom stereocenters. The summed E-state index contributed by atoms with van der Waals surface area (Å²) in [5.41, 5.74) is -1.38. The van der Waals surface area contributed by atoms with E-state index in [1.807, 2.05) is 0 Å². The van der Waals surface area contributed by atoms with Crippen molar-refractivity contribution >= 4 is 23.7 Å². The van der Waals surface area contributed by atoms with Gasteiger partial charge < -0.3 is 30.9 Å². The number of pyridine rings is 1. The summed E-state index contributed by atoms with van der Waals surface area (Å²) in [6.07, 6.45) is -4.35. The topological polar surface area (TPSA) is 167 Å². The van der Waals surface area contributed by atoms with Gasteiger partial charge >= 0.3 is 5.97 Å². The van der Waals surface area contributed by atoms with Crippen LogP contribution in [0.15, 0.2) is 24.3 Å². The predicted molar refractivity (Wildman–Crippen MR) is 137 cm³/mol. The number of carbonyl (C=O) groups is 4. The van der Waals surface area contributed by atoms with Crippen molar-refractivity contribution in [2.75, 3.05) is 0 Å². The van der Waals surface area contributed by atoms with Crippen molar-refractivity contribution < 1.29 is 51.7 Å². The number of phenolic OH excluding ortho intramolecular Hbond substituents is 1. The first-order valence-corrected chi connectivity index (χ1v) is 12.9. The lowest BCUT2D eigenvalue weighted by Crippen LogP contribution is -2.61. The first-order chi connectivity index (χ1) is 19.6. The average Bonchev–Trinajstić information content (AvgIpc) is 2.93. The number of benzene rings is 1. The minimum absolute atomic E-state index is 0.246. The highest BCUT2D eigenvalue weighted by Crippen LogP contribution is 2.22. The largest absolute Gasteiger partial charge is 0.507 e. The Morgan fingerprint density at radius 2 is 1.67 bits per heavy atom. The first-order valence-electron chi connectivity index (χ1n) is 12.9. The Labute approximate surface area is 237 Å². The molecular weight excluding hydrogens is 568 g/mol. The molecule has 0 radical (unpaired) electrons. The molecule has 3 rings (SSSR count). The van der Waals surface area contributed by atoms with Crippen LogP contribution in [-0.4, -0.2) is 69.2 Å². The molecule has 1 saturated heterocycles. The number of nitrogens with one attached hydrogen (secondary N) is 3. The quantitative estimate of drug-likeness (QED) is 0.195. The van der Waals surface area contributed by atoms with Crippen LogP contribution in [-0.2, 0) is 25.5 Å². The van der Waals surface area contributed by atoms with Crippen LogP contribution in [0.2, 0.25) is 0 Å². The second-order valence-electron chi connectivity index (χ2n) is 10.2. The molecule has 228 valence electrons. The van der Waals surface area contributed by atoms with E-state index in [0.717, 1.165) is 0 Å². The van der Waals surface area contributed by atoms with Crippen molar-refractivity contribution in [1.29, 1.82) is 0 Å². The summed E-state index contributed by atoms with van der Waals surface area (Å²) in [4.78, 5) is 55.1. The summed E-state index contributed by atoms with van der Waals surface area (Å²) in [6.45, 7) is 5.60. The number of cyclic esters (lactones) is 1. The molecular formula is C27H30F4N4O7. The maximum Gasteiger partial charge on any atom is 0.329 e. The number of para-hydroxylation sites is 1. The van der Waals surface area contributed by atoms with Crippen molar-refractivity contribution in [1.82, 2.24) is 20.9 Å². The molecule has 15 heteroatoms. The molecule has 1 aromatic carbocycles. The van der Waals surface area contributed by atoms with Crippen molar-refractivity contribution in [2.45, 2.75) is 64.4 Å². The average molecular weight is 599 g/mol. The van der Waals surface area contributed by atoms with Crippen LogP contribution < -0.4 is 16.0 Å². The number of amides is 3. The Bertz CT molecular complexity index is 1380. The van der Waals surface area contributed by atoms with Crippen LogP contribution in [0.5, 0.6) is 5.75 Å². The molecule has 0 bridgehead atoms. The molecule has 42 heavy (non-hydrogen) atoms. The van der Waals surface area contributed by atoms with E-state index in [4.69, 9.17) is 4.74 Å². The van der Waals surface area contributed by atoms with E-state index in [0.29, 0.717) is 0 Å². The highest BCUT2D eigenvalue weighted by molar-refractivity contribution is 6.00. The Balaban J connectivity index is 2.07. The van der Waals surface area contributed by atoms with Gasteiger partial charge in [0.05, 0.1) is 23.6 Å². The summed E-state index contributed by atoms with van der Waals surface area (Å²) in [6, 6.07) is 0.608. The highest BCUT2D eigenvalue weighted by atomic mass is 19.2. The van der Waals surface area contributed by atoms with E-state index in [9.17, 15) is 47.0 Å². The number of aromatic hydroxyl groups is 1. The standard InChI is InChI=1S/C27H30F4N4O7/c1-10(2)19-27(41)42-12(4)20(34-25(39)13-7-5-6-8-16(13)36)26(40)32-15(21(37)11(3)24(38)33-19)9-14-17(28)18(29)23(31)35-22(14)30/h5-8,10-12,15,19-21,36-37H,9H2,1-4H3,(H,32,40)(H,33,38)(H,34,39). The van der Waals surface area contributed by atoms with Crippen molar-refractivity contribution in [3.8, 4) is 5.75 Å². The maximum atomic E-state index is 14.5. The molecule has 0 aliphatic carbocycles. The van der Waals surface area contributed by atoms with Crippen molar-refractivity contribution in [2.24, 2.45) is 11.8 Å². The van der Waals surface area contributed by atoms with Gasteiger partial charge in [0.1, 0.15) is 23.9 Å². The molecule has 1 aromatic heterocycles. The smallest absolute Gasteiger partial charge is 0.329 e. The number of aliphatic hydroxyl groups is 1. The molecule has 2 heterocycles. The van der Waals surface area contributed by atoms with Crippen molar-refractivity contribution in [3.05, 3.63) is 58.9 Å². The van der Waals surface area contributed by atoms with Gasteiger partial charge in [-0.05, 0) is 25.0 Å². The summed E-state index contributed by atoms with van der Waals surface area (Å²) in [5.74, 6) is -14.2. The van der Waals surface area contributed by atoms with Gasteiger partial charge in [0.25, 0.3) is 11.9 Å². The number of nitrogens with zero attached hydrogens (tertiary/aromatic N) is 1. The van der Waals surface area contributed by atoms with Crippen LogP contribution in [0.4, 0.5) is 17.6 Å². The lowest BCUT2D eigenvalue weighted by atomic mass is 9.91. The number of carbonyl (C=O) groups excluding carboxylic acids is 4. The Hall–Kier alpha value is -4.27. The summed E-state index contributed by atoms with van der Waals surface area (Å²) in [5, 5.41) is 28.2. The fraction of sp³-hybridized carbons (Fsp3) is 0.444. The van der Waals surface area contributed by atoms with E-state index < -0.39 is 107 Å². The maximum absolute atomic E-state index is 14.5. The lowest BCUT2D eigenvalue weighted by Gasteiger charge is -2.34. The van der Waals surface area contributed by atoms with Gasteiger partial charge in [-0.15, -0.1) is 0 Å². The van der Waals surface area contributed by atoms with E-state index in [2.05, 4.69) is 20.9 Å². The van der Waals surface area contributed by atoms with Crippen LogP contribution in [0.25, 0.3) is 0 Å². The van der Waals surface area contributed by atoms with Crippen molar-refractivity contribution in [3.63, 3.8) is 0 Å². The van der Waals surface area contributed by atoms with Gasteiger partial charge in [-0.25, -0.2) is 9.18 Å².